The molecule has 0 aliphatic carbocycles. The zero-order valence-corrected chi connectivity index (χ0v) is 9.18. The van der Waals surface area contributed by atoms with Crippen molar-refractivity contribution < 1.29 is 37.8 Å². The van der Waals surface area contributed by atoms with Crippen LogP contribution in [0.2, 0.25) is 0 Å². The van der Waals surface area contributed by atoms with Crippen LogP contribution in [0.4, 0.5) is 0 Å². The average molecular weight is 552 g/mol. The standard InChI is InChI=1S/2Au.Se2/c;;1-2/q2*+1;-2. The molecule has 0 aromatic carbocycles. The Hall–Kier alpha value is 2.52. The third kappa shape index (κ3) is 4.52. The number of rotatable bonds is 1. The summed E-state index contributed by atoms with van der Waals surface area (Å²) in [7, 11) is 1.80. The molecule has 0 rings (SSSR count). The average Bonchev–Trinajstić information content (AvgIpc) is 1.37. The van der Waals surface area contributed by atoms with Crippen molar-refractivity contribution in [3.05, 3.63) is 0 Å². The third-order valence-electron chi connectivity index (χ3n) is 0.0152. The Morgan fingerprint density at radius 2 is 1.25 bits per heavy atom. The summed E-state index contributed by atoms with van der Waals surface area (Å²) in [6.45, 7) is 0. The van der Waals surface area contributed by atoms with Gasteiger partial charge in [-0.25, -0.2) is 0 Å². The summed E-state index contributed by atoms with van der Waals surface area (Å²) in [5.74, 6) is 0. The first kappa shape index (κ1) is 6.52. The molecule has 0 heterocycles. The Kier molecular flexibility index (Phi) is 9.00. The Bertz CT molecular complexity index is 6.00. The number of hydrogen-bond donors (Lipinski definition) is 0. The second-order valence-corrected chi connectivity index (χ2v) is 22.2. The van der Waals surface area contributed by atoms with Crippen LogP contribution >= 0.6 is 0 Å². The molecule has 0 fully saturated rings. The maximum atomic E-state index is 2.57. The fourth-order valence-corrected chi connectivity index (χ4v) is 0. The second kappa shape index (κ2) is 5.52. The van der Waals surface area contributed by atoms with Crippen molar-refractivity contribution in [3.8, 4) is 0 Å². The summed E-state index contributed by atoms with van der Waals surface area (Å²) < 4.78 is 0. The predicted molar refractivity (Wildman–Crippen MR) is 11.5 cm³/mol. The van der Waals surface area contributed by atoms with Gasteiger partial charge in [0.2, 0.25) is 0 Å². The summed E-state index contributed by atoms with van der Waals surface area (Å²) in [5, 5.41) is 0. The molecule has 0 aromatic heterocycles. The van der Waals surface area contributed by atoms with Gasteiger partial charge in [0.25, 0.3) is 0 Å². The van der Waals surface area contributed by atoms with E-state index in [4.69, 9.17) is 0 Å². The van der Waals surface area contributed by atoms with Crippen molar-refractivity contribution in [3.63, 3.8) is 0 Å². The van der Waals surface area contributed by atoms with Crippen LogP contribution in [0.15, 0.2) is 0 Å². The molecule has 34 valence electrons. The van der Waals surface area contributed by atoms with Crippen molar-refractivity contribution in [2.24, 2.45) is 0 Å². The molecule has 0 spiro atoms. The van der Waals surface area contributed by atoms with E-state index in [2.05, 4.69) is 37.8 Å². The van der Waals surface area contributed by atoms with Gasteiger partial charge in [0.05, 0.1) is 0 Å². The molecular formula is Au2Se2. The van der Waals surface area contributed by atoms with E-state index in [1.54, 1.807) is 0 Å². The summed E-state index contributed by atoms with van der Waals surface area (Å²) in [4.78, 5) is 0. The summed E-state index contributed by atoms with van der Waals surface area (Å²) in [5.41, 5.74) is 0. The minimum absolute atomic E-state index is 0.899. The molecule has 0 saturated heterocycles. The van der Waals surface area contributed by atoms with E-state index in [-0.39, 0.29) is 0 Å². The van der Waals surface area contributed by atoms with Gasteiger partial charge in [-0.1, -0.05) is 0 Å². The van der Waals surface area contributed by atoms with Crippen molar-refractivity contribution in [2.45, 2.75) is 0 Å². The molecule has 4 heteroatoms. The third-order valence-corrected chi connectivity index (χ3v) is 27.4. The summed E-state index contributed by atoms with van der Waals surface area (Å²) in [6.07, 6.45) is 0. The molecule has 0 aromatic rings. The normalized spacial score (nSPS) is 8.00. The van der Waals surface area contributed by atoms with Gasteiger partial charge in [-0.3, -0.25) is 0 Å². The van der Waals surface area contributed by atoms with E-state index in [0.29, 0.717) is 0 Å². The van der Waals surface area contributed by atoms with Gasteiger partial charge in [-0.15, -0.1) is 0 Å². The van der Waals surface area contributed by atoms with Gasteiger partial charge in [-0.2, -0.15) is 0 Å². The monoisotopic (exact) mass is 554 g/mol. The van der Waals surface area contributed by atoms with Gasteiger partial charge in [0, 0.05) is 0 Å². The molecule has 0 bridgehead atoms. The number of hydrogen-bond acceptors (Lipinski definition) is 0. The molecule has 0 radical (unpaired) electrons. The summed E-state index contributed by atoms with van der Waals surface area (Å²) in [6, 6.07) is 0. The maximum absolute atomic E-state index is 2.57. The van der Waals surface area contributed by atoms with E-state index in [0.717, 1.165) is 20.4 Å². The molecule has 4 heavy (non-hydrogen) atoms. The van der Waals surface area contributed by atoms with Crippen LogP contribution in [0.25, 0.3) is 0 Å². The quantitative estimate of drug-likeness (QED) is 0.376. The Labute approximate surface area is 57.2 Å². The van der Waals surface area contributed by atoms with Crippen LogP contribution in [-0.4, -0.2) is 20.4 Å². The minimum atomic E-state index is 0.899. The fraction of sp³-hybridized carbons (Fsp3) is 0. The SMILES string of the molecule is [Au][Se][Se][Au]. The Balaban J connectivity index is 1.97. The van der Waals surface area contributed by atoms with Gasteiger partial charge in [0.15, 0.2) is 0 Å². The molecule has 0 atom stereocenters. The van der Waals surface area contributed by atoms with Crippen molar-refractivity contribution >= 4 is 20.4 Å². The first-order chi connectivity index (χ1) is 1.91. The van der Waals surface area contributed by atoms with Crippen molar-refractivity contribution in [1.29, 1.82) is 0 Å². The van der Waals surface area contributed by atoms with Gasteiger partial charge < -0.3 is 0 Å². The van der Waals surface area contributed by atoms with E-state index < -0.39 is 0 Å². The first-order valence-corrected chi connectivity index (χ1v) is 15.0. The molecular weight excluding hydrogens is 552 g/mol. The van der Waals surface area contributed by atoms with Crippen molar-refractivity contribution in [1.82, 2.24) is 0 Å². The Morgan fingerprint density at radius 3 is 1.25 bits per heavy atom. The summed E-state index contributed by atoms with van der Waals surface area (Å²) >= 11 is 5.15. The Morgan fingerprint density at radius 1 is 1.00 bits per heavy atom. The van der Waals surface area contributed by atoms with Crippen LogP contribution in [0.5, 0.6) is 0 Å². The molecule has 0 amide bonds. The van der Waals surface area contributed by atoms with Crippen molar-refractivity contribution in [2.75, 3.05) is 0 Å². The molecule has 0 nitrogen and oxygen atoms in total. The van der Waals surface area contributed by atoms with Gasteiger partial charge >= 0.3 is 58.3 Å². The molecule has 0 saturated carbocycles. The van der Waals surface area contributed by atoms with E-state index in [9.17, 15) is 0 Å². The van der Waals surface area contributed by atoms with E-state index >= 15 is 0 Å². The van der Waals surface area contributed by atoms with Gasteiger partial charge in [-0.05, 0) is 0 Å². The first-order valence-electron chi connectivity index (χ1n) is 0.413. The van der Waals surface area contributed by atoms with Crippen LogP contribution in [-0.2, 0) is 37.8 Å². The molecule has 0 N–H and O–H groups in total. The van der Waals surface area contributed by atoms with Crippen LogP contribution < -0.4 is 0 Å². The van der Waals surface area contributed by atoms with Crippen LogP contribution in [0, 0.1) is 0 Å². The fourth-order valence-electron chi connectivity index (χ4n) is 0. The predicted octanol–water partition coefficient (Wildman–Crippen LogP) is -0.767. The zero-order chi connectivity index (χ0) is 3.41. The topological polar surface area (TPSA) is 0 Å². The zero-order valence-electron chi connectivity index (χ0n) is 1.42. The molecule has 0 aliphatic heterocycles. The van der Waals surface area contributed by atoms with E-state index in [1.165, 1.54) is 0 Å². The van der Waals surface area contributed by atoms with E-state index in [1.807, 2.05) is 0 Å². The second-order valence-electron chi connectivity index (χ2n) is 0.101. The van der Waals surface area contributed by atoms with Gasteiger partial charge in [0.1, 0.15) is 0 Å². The molecule has 0 unspecified atom stereocenters. The van der Waals surface area contributed by atoms with Crippen LogP contribution in [0.1, 0.15) is 0 Å². The molecule has 0 aliphatic rings. The van der Waals surface area contributed by atoms with Crippen LogP contribution in [0.3, 0.4) is 0 Å².